The van der Waals surface area contributed by atoms with Gasteiger partial charge in [0.25, 0.3) is 0 Å². The number of aliphatic hydroxyl groups is 1. The molecule has 15 heteroatoms. The normalized spacial score (nSPS) is 14.3. The summed E-state index contributed by atoms with van der Waals surface area (Å²) in [4.78, 5) is 63.0. The third kappa shape index (κ3) is 9.09. The molecule has 0 bridgehead atoms. The van der Waals surface area contributed by atoms with Crippen molar-refractivity contribution in [1.29, 1.82) is 0 Å². The highest BCUT2D eigenvalue weighted by Gasteiger charge is 2.30. The summed E-state index contributed by atoms with van der Waals surface area (Å²) in [6.45, 7) is -0.382. The SMILES string of the molecule is NCCCCC(NC(=O)C(CO)NC(=O)C(N)Cc1cnc[nH]1)C(=O)NC(Cc1cnc[nH]1)C(=O)O. The van der Waals surface area contributed by atoms with Crippen LogP contribution in [-0.4, -0.2) is 91.2 Å². The molecule has 2 rings (SSSR count). The van der Waals surface area contributed by atoms with E-state index in [1.807, 2.05) is 0 Å². The first kappa shape index (κ1) is 28.4. The van der Waals surface area contributed by atoms with Crippen LogP contribution in [0.1, 0.15) is 30.7 Å². The molecule has 0 spiro atoms. The number of aromatic nitrogens is 4. The number of nitrogens with two attached hydrogens (primary N) is 2. The highest BCUT2D eigenvalue weighted by molar-refractivity contribution is 5.94. The van der Waals surface area contributed by atoms with Gasteiger partial charge in [0, 0.05) is 36.6 Å². The number of amides is 3. The number of hydrogen-bond acceptors (Lipinski definition) is 9. The Morgan fingerprint density at radius 2 is 1.42 bits per heavy atom. The second-order valence-electron chi connectivity index (χ2n) is 8.16. The maximum Gasteiger partial charge on any atom is 0.326 e. The third-order valence-electron chi connectivity index (χ3n) is 5.32. The van der Waals surface area contributed by atoms with Gasteiger partial charge in [-0.2, -0.15) is 0 Å². The van der Waals surface area contributed by atoms with Crippen molar-refractivity contribution in [2.45, 2.75) is 56.3 Å². The van der Waals surface area contributed by atoms with E-state index in [1.165, 1.54) is 25.0 Å². The predicted octanol–water partition coefficient (Wildman–Crippen LogP) is -3.09. The Bertz CT molecular complexity index is 967. The molecule has 0 radical (unpaired) electrons. The Labute approximate surface area is 206 Å². The van der Waals surface area contributed by atoms with Crippen LogP contribution >= 0.6 is 0 Å². The molecule has 15 nitrogen and oxygen atoms in total. The monoisotopic (exact) mass is 507 g/mol. The number of rotatable bonds is 16. The molecule has 0 aliphatic rings. The van der Waals surface area contributed by atoms with Crippen molar-refractivity contribution in [2.75, 3.05) is 13.2 Å². The van der Waals surface area contributed by atoms with Crippen LogP contribution in [0.3, 0.4) is 0 Å². The van der Waals surface area contributed by atoms with Crippen molar-refractivity contribution in [3.63, 3.8) is 0 Å². The lowest BCUT2D eigenvalue weighted by Crippen LogP contribution is -2.58. The minimum atomic E-state index is -1.38. The number of aliphatic carboxylic acids is 1. The van der Waals surface area contributed by atoms with Gasteiger partial charge < -0.3 is 47.6 Å². The number of carbonyl (C=O) groups excluding carboxylic acids is 3. The molecule has 11 N–H and O–H groups in total. The molecule has 2 aromatic rings. The largest absolute Gasteiger partial charge is 0.480 e. The summed E-state index contributed by atoms with van der Waals surface area (Å²) >= 11 is 0. The van der Waals surface area contributed by atoms with Gasteiger partial charge in [-0.15, -0.1) is 0 Å². The molecular weight excluding hydrogens is 474 g/mol. The summed E-state index contributed by atoms with van der Waals surface area (Å²) in [5.41, 5.74) is 12.5. The molecule has 2 aromatic heterocycles. The zero-order chi connectivity index (χ0) is 26.5. The van der Waals surface area contributed by atoms with Gasteiger partial charge in [-0.25, -0.2) is 14.8 Å². The number of H-pyrrole nitrogens is 2. The summed E-state index contributed by atoms with van der Waals surface area (Å²) < 4.78 is 0. The Kier molecular flexibility index (Phi) is 11.5. The van der Waals surface area contributed by atoms with E-state index in [1.54, 1.807) is 0 Å². The van der Waals surface area contributed by atoms with Gasteiger partial charge in [0.2, 0.25) is 17.7 Å². The van der Waals surface area contributed by atoms with Crippen LogP contribution in [0.4, 0.5) is 0 Å². The lowest BCUT2D eigenvalue weighted by atomic mass is 10.1. The second kappa shape index (κ2) is 14.6. The Morgan fingerprint density at radius 1 is 0.861 bits per heavy atom. The number of carboxylic acids is 1. The second-order valence-corrected chi connectivity index (χ2v) is 8.16. The molecular formula is C21H33N9O6. The number of aromatic amines is 2. The topological polar surface area (TPSA) is 254 Å². The Hall–Kier alpha value is -3.82. The zero-order valence-electron chi connectivity index (χ0n) is 19.6. The Morgan fingerprint density at radius 3 is 1.94 bits per heavy atom. The highest BCUT2D eigenvalue weighted by Crippen LogP contribution is 2.05. The van der Waals surface area contributed by atoms with Crippen molar-refractivity contribution < 1.29 is 29.4 Å². The first-order valence-electron chi connectivity index (χ1n) is 11.4. The number of unbranched alkanes of at least 4 members (excludes halogenated alkanes) is 1. The number of imidazole rings is 2. The van der Waals surface area contributed by atoms with Gasteiger partial charge in [0.05, 0.1) is 25.3 Å². The number of carboxylic acid groups (broad SMARTS) is 1. The van der Waals surface area contributed by atoms with Crippen LogP contribution in [0.15, 0.2) is 25.0 Å². The molecule has 4 atom stereocenters. The van der Waals surface area contributed by atoms with Crippen LogP contribution in [0.25, 0.3) is 0 Å². The summed E-state index contributed by atoms with van der Waals surface area (Å²) in [5.74, 6) is -3.51. The van der Waals surface area contributed by atoms with Crippen LogP contribution < -0.4 is 27.4 Å². The quantitative estimate of drug-likeness (QED) is 0.103. The third-order valence-corrected chi connectivity index (χ3v) is 5.32. The number of hydrogen-bond donors (Lipinski definition) is 9. The van der Waals surface area contributed by atoms with E-state index in [0.717, 1.165) is 0 Å². The lowest BCUT2D eigenvalue weighted by molar-refractivity contribution is -0.142. The van der Waals surface area contributed by atoms with Gasteiger partial charge in [-0.3, -0.25) is 14.4 Å². The van der Waals surface area contributed by atoms with Crippen molar-refractivity contribution in [2.24, 2.45) is 11.5 Å². The molecule has 0 aliphatic carbocycles. The minimum absolute atomic E-state index is 0.0475. The van der Waals surface area contributed by atoms with Gasteiger partial charge in [-0.05, 0) is 25.8 Å². The molecule has 36 heavy (non-hydrogen) atoms. The van der Waals surface area contributed by atoms with Crippen LogP contribution in [-0.2, 0) is 32.0 Å². The number of carbonyl (C=O) groups is 4. The summed E-state index contributed by atoms with van der Waals surface area (Å²) in [5, 5.41) is 26.5. The summed E-state index contributed by atoms with van der Waals surface area (Å²) in [6.07, 6.45) is 7.04. The smallest absolute Gasteiger partial charge is 0.326 e. The van der Waals surface area contributed by atoms with E-state index in [9.17, 15) is 29.4 Å². The lowest BCUT2D eigenvalue weighted by Gasteiger charge is -2.24. The maximum absolute atomic E-state index is 12.9. The minimum Gasteiger partial charge on any atom is -0.480 e. The molecule has 3 amide bonds. The molecule has 0 aliphatic heterocycles. The molecule has 0 fully saturated rings. The molecule has 0 aromatic carbocycles. The van der Waals surface area contributed by atoms with E-state index in [4.69, 9.17) is 11.5 Å². The average molecular weight is 508 g/mol. The zero-order valence-corrected chi connectivity index (χ0v) is 19.6. The number of nitrogens with zero attached hydrogens (tertiary/aromatic N) is 2. The van der Waals surface area contributed by atoms with Gasteiger partial charge in [0.1, 0.15) is 18.1 Å². The van der Waals surface area contributed by atoms with Gasteiger partial charge >= 0.3 is 5.97 Å². The van der Waals surface area contributed by atoms with Gasteiger partial charge in [0.15, 0.2) is 0 Å². The summed E-state index contributed by atoms with van der Waals surface area (Å²) in [6, 6.07) is -4.80. The van der Waals surface area contributed by atoms with Crippen molar-refractivity contribution in [3.8, 4) is 0 Å². The van der Waals surface area contributed by atoms with E-state index >= 15 is 0 Å². The molecule has 198 valence electrons. The van der Waals surface area contributed by atoms with Crippen LogP contribution in [0.5, 0.6) is 0 Å². The van der Waals surface area contributed by atoms with E-state index in [-0.39, 0.29) is 19.3 Å². The van der Waals surface area contributed by atoms with E-state index < -0.39 is 54.5 Å². The predicted molar refractivity (Wildman–Crippen MR) is 126 cm³/mol. The molecule has 0 saturated heterocycles. The number of nitrogens with one attached hydrogen (secondary N) is 5. The van der Waals surface area contributed by atoms with E-state index in [2.05, 4.69) is 35.9 Å². The van der Waals surface area contributed by atoms with Crippen LogP contribution in [0.2, 0.25) is 0 Å². The molecule has 2 heterocycles. The Balaban J connectivity index is 2.02. The maximum atomic E-state index is 12.9. The highest BCUT2D eigenvalue weighted by atomic mass is 16.4. The fourth-order valence-corrected chi connectivity index (χ4v) is 3.32. The summed E-state index contributed by atoms with van der Waals surface area (Å²) in [7, 11) is 0. The van der Waals surface area contributed by atoms with Crippen molar-refractivity contribution in [3.05, 3.63) is 36.4 Å². The van der Waals surface area contributed by atoms with Gasteiger partial charge in [-0.1, -0.05) is 0 Å². The average Bonchev–Trinajstić information content (AvgIpc) is 3.55. The van der Waals surface area contributed by atoms with Crippen LogP contribution in [0, 0.1) is 0 Å². The van der Waals surface area contributed by atoms with Crippen molar-refractivity contribution in [1.82, 2.24) is 35.9 Å². The molecule has 0 saturated carbocycles. The van der Waals surface area contributed by atoms with E-state index in [0.29, 0.717) is 30.8 Å². The fourth-order valence-electron chi connectivity index (χ4n) is 3.32. The fraction of sp³-hybridized carbons (Fsp3) is 0.524. The first-order chi connectivity index (χ1) is 17.2. The van der Waals surface area contributed by atoms with Crippen molar-refractivity contribution >= 4 is 23.7 Å². The molecule has 4 unspecified atom stereocenters. The standard InChI is InChI=1S/C21H33N9O6/c22-4-2-1-3-15(19(33)29-16(21(35)36)6-13-8-25-11-27-13)28-20(34)17(9-31)30-18(32)14(23)5-12-7-24-10-26-12/h7-8,10-11,14-17,31H,1-6,9,22-23H2,(H,24,26)(H,25,27)(H,28,34)(H,29,33)(H,30,32)(H,35,36). The first-order valence-corrected chi connectivity index (χ1v) is 11.4. The number of aliphatic hydroxyl groups excluding tert-OH is 1.